The summed E-state index contributed by atoms with van der Waals surface area (Å²) in [6.07, 6.45) is 2.12. The molecule has 8 heteroatoms. The number of benzene rings is 2. The first-order valence-corrected chi connectivity index (χ1v) is 10.2. The summed E-state index contributed by atoms with van der Waals surface area (Å²) in [6, 6.07) is 15.0. The Morgan fingerprint density at radius 3 is 2.67 bits per heavy atom. The number of fused-ring (bicyclic) bond motifs is 1. The van der Waals surface area contributed by atoms with Crippen LogP contribution in [0, 0.1) is 0 Å². The van der Waals surface area contributed by atoms with Gasteiger partial charge in [-0.1, -0.05) is 30.3 Å². The zero-order valence-corrected chi connectivity index (χ0v) is 17.3. The number of thiazole rings is 1. The molecule has 152 valence electrons. The van der Waals surface area contributed by atoms with Gasteiger partial charge in [0, 0.05) is 35.4 Å². The van der Waals surface area contributed by atoms with E-state index in [0.29, 0.717) is 17.1 Å². The number of carbonyl (C=O) groups is 2. The summed E-state index contributed by atoms with van der Waals surface area (Å²) < 4.78 is 7.27. The van der Waals surface area contributed by atoms with Crippen LogP contribution in [0.4, 0.5) is 11.4 Å². The molecule has 2 aromatic carbocycles. The standard InChI is InChI=1S/C22H20N4O3S/c1-14(27)23-16-8-9-20(29-2)18(10-16)24-21(28)11-17-13-30-22-25-19(12-26(17)22)15-6-4-3-5-7-15/h3-10,12-13H,11H2,1-2H3,(H,23,27)(H,24,28). The molecule has 0 unspecified atom stereocenters. The first-order valence-electron chi connectivity index (χ1n) is 9.30. The van der Waals surface area contributed by atoms with Gasteiger partial charge in [0.1, 0.15) is 5.75 Å². The summed E-state index contributed by atoms with van der Waals surface area (Å²) in [5.74, 6) is 0.136. The van der Waals surface area contributed by atoms with Crippen molar-refractivity contribution in [1.82, 2.24) is 9.38 Å². The Labute approximate surface area is 177 Å². The van der Waals surface area contributed by atoms with Gasteiger partial charge in [-0.25, -0.2) is 4.98 Å². The van der Waals surface area contributed by atoms with E-state index in [2.05, 4.69) is 15.6 Å². The van der Waals surface area contributed by atoms with Crippen molar-refractivity contribution in [3.05, 3.63) is 65.8 Å². The second-order valence-corrected chi connectivity index (χ2v) is 7.53. The van der Waals surface area contributed by atoms with Gasteiger partial charge in [-0.3, -0.25) is 14.0 Å². The molecule has 4 rings (SSSR count). The molecule has 0 bridgehead atoms. The van der Waals surface area contributed by atoms with Crippen LogP contribution in [0.15, 0.2) is 60.1 Å². The fourth-order valence-electron chi connectivity index (χ4n) is 3.15. The van der Waals surface area contributed by atoms with E-state index in [1.807, 2.05) is 46.3 Å². The molecule has 0 atom stereocenters. The number of hydrogen-bond acceptors (Lipinski definition) is 5. The lowest BCUT2D eigenvalue weighted by atomic mass is 10.2. The van der Waals surface area contributed by atoms with Gasteiger partial charge < -0.3 is 15.4 Å². The first-order chi connectivity index (χ1) is 14.5. The number of nitrogens with zero attached hydrogens (tertiary/aromatic N) is 2. The predicted molar refractivity (Wildman–Crippen MR) is 118 cm³/mol. The lowest BCUT2D eigenvalue weighted by Crippen LogP contribution is -2.16. The van der Waals surface area contributed by atoms with Crippen molar-refractivity contribution in [2.45, 2.75) is 13.3 Å². The molecule has 30 heavy (non-hydrogen) atoms. The van der Waals surface area contributed by atoms with E-state index in [4.69, 9.17) is 4.74 Å². The Hall–Kier alpha value is -3.65. The van der Waals surface area contributed by atoms with Crippen LogP contribution in [0.25, 0.3) is 16.2 Å². The minimum Gasteiger partial charge on any atom is -0.495 e. The second-order valence-electron chi connectivity index (χ2n) is 6.69. The van der Waals surface area contributed by atoms with Gasteiger partial charge in [0.15, 0.2) is 4.96 Å². The van der Waals surface area contributed by atoms with Crippen molar-refractivity contribution >= 4 is 39.5 Å². The van der Waals surface area contributed by atoms with Crippen molar-refractivity contribution in [1.29, 1.82) is 0 Å². The van der Waals surface area contributed by atoms with Gasteiger partial charge in [0.05, 0.1) is 24.9 Å². The highest BCUT2D eigenvalue weighted by atomic mass is 32.1. The van der Waals surface area contributed by atoms with Gasteiger partial charge in [0.2, 0.25) is 11.8 Å². The number of amides is 2. The van der Waals surface area contributed by atoms with Gasteiger partial charge >= 0.3 is 0 Å². The molecule has 7 nitrogen and oxygen atoms in total. The maximum Gasteiger partial charge on any atom is 0.230 e. The highest BCUT2D eigenvalue weighted by molar-refractivity contribution is 7.15. The van der Waals surface area contributed by atoms with E-state index >= 15 is 0 Å². The fourth-order valence-corrected chi connectivity index (χ4v) is 4.02. The Bertz CT molecular complexity index is 1210. The normalized spacial score (nSPS) is 10.7. The van der Waals surface area contributed by atoms with Crippen LogP contribution >= 0.6 is 11.3 Å². The van der Waals surface area contributed by atoms with E-state index < -0.39 is 0 Å². The van der Waals surface area contributed by atoms with Crippen LogP contribution in [0.3, 0.4) is 0 Å². The number of aromatic nitrogens is 2. The molecule has 0 fully saturated rings. The molecule has 2 amide bonds. The van der Waals surface area contributed by atoms with E-state index in [0.717, 1.165) is 21.9 Å². The molecular formula is C22H20N4O3S. The third kappa shape index (κ3) is 4.18. The van der Waals surface area contributed by atoms with Crippen LogP contribution < -0.4 is 15.4 Å². The predicted octanol–water partition coefficient (Wildman–Crippen LogP) is 4.21. The summed E-state index contributed by atoms with van der Waals surface area (Å²) in [5, 5.41) is 7.51. The number of nitrogens with one attached hydrogen (secondary N) is 2. The van der Waals surface area contributed by atoms with E-state index in [-0.39, 0.29) is 18.2 Å². The Morgan fingerprint density at radius 2 is 1.93 bits per heavy atom. The molecule has 0 radical (unpaired) electrons. The van der Waals surface area contributed by atoms with Crippen LogP contribution in [-0.2, 0) is 16.0 Å². The van der Waals surface area contributed by atoms with Crippen LogP contribution in [0.5, 0.6) is 5.75 Å². The Morgan fingerprint density at radius 1 is 1.13 bits per heavy atom. The second kappa shape index (κ2) is 8.38. The van der Waals surface area contributed by atoms with E-state index in [1.54, 1.807) is 18.2 Å². The molecule has 0 aliphatic carbocycles. The summed E-state index contributed by atoms with van der Waals surface area (Å²) in [7, 11) is 1.53. The molecule has 0 saturated carbocycles. The zero-order valence-electron chi connectivity index (χ0n) is 16.5. The zero-order chi connectivity index (χ0) is 21.1. The highest BCUT2D eigenvalue weighted by Gasteiger charge is 2.14. The summed E-state index contributed by atoms with van der Waals surface area (Å²) in [5.41, 5.74) is 3.82. The van der Waals surface area contributed by atoms with Crippen LogP contribution in [0.1, 0.15) is 12.6 Å². The molecule has 0 aliphatic heterocycles. The third-order valence-electron chi connectivity index (χ3n) is 4.49. The first kappa shape index (κ1) is 19.7. The number of ether oxygens (including phenoxy) is 1. The minimum atomic E-state index is -0.192. The quantitative estimate of drug-likeness (QED) is 0.489. The summed E-state index contributed by atoms with van der Waals surface area (Å²) in [6.45, 7) is 1.43. The topological polar surface area (TPSA) is 84.7 Å². The Balaban J connectivity index is 1.54. The van der Waals surface area contributed by atoms with Gasteiger partial charge in [0.25, 0.3) is 0 Å². The number of methoxy groups -OCH3 is 1. The summed E-state index contributed by atoms with van der Waals surface area (Å²) >= 11 is 1.49. The average molecular weight is 420 g/mol. The monoisotopic (exact) mass is 420 g/mol. The van der Waals surface area contributed by atoms with Crippen LogP contribution in [-0.4, -0.2) is 28.3 Å². The lowest BCUT2D eigenvalue weighted by molar-refractivity contribution is -0.116. The molecule has 0 saturated heterocycles. The number of carbonyl (C=O) groups excluding carboxylic acids is 2. The van der Waals surface area contributed by atoms with E-state index in [9.17, 15) is 9.59 Å². The maximum absolute atomic E-state index is 12.7. The fraction of sp³-hybridized carbons (Fsp3) is 0.136. The van der Waals surface area contributed by atoms with Crippen molar-refractivity contribution in [3.63, 3.8) is 0 Å². The molecule has 2 N–H and O–H groups in total. The van der Waals surface area contributed by atoms with Gasteiger partial charge in [-0.15, -0.1) is 11.3 Å². The smallest absolute Gasteiger partial charge is 0.230 e. The minimum absolute atomic E-state index is 0.179. The number of imidazole rings is 1. The SMILES string of the molecule is COc1ccc(NC(C)=O)cc1NC(=O)Cc1csc2nc(-c3ccccc3)cn12. The highest BCUT2D eigenvalue weighted by Crippen LogP contribution is 2.28. The molecule has 4 aromatic rings. The largest absolute Gasteiger partial charge is 0.495 e. The van der Waals surface area contributed by atoms with Crippen molar-refractivity contribution in [2.24, 2.45) is 0 Å². The van der Waals surface area contributed by atoms with Gasteiger partial charge in [-0.05, 0) is 18.2 Å². The summed E-state index contributed by atoms with van der Waals surface area (Å²) in [4.78, 5) is 29.5. The van der Waals surface area contributed by atoms with Crippen LogP contribution in [0.2, 0.25) is 0 Å². The number of rotatable bonds is 6. The third-order valence-corrected chi connectivity index (χ3v) is 5.38. The van der Waals surface area contributed by atoms with Crippen molar-refractivity contribution in [3.8, 4) is 17.0 Å². The number of hydrogen-bond donors (Lipinski definition) is 2. The lowest BCUT2D eigenvalue weighted by Gasteiger charge is -2.12. The van der Waals surface area contributed by atoms with E-state index in [1.165, 1.54) is 25.4 Å². The average Bonchev–Trinajstić information content (AvgIpc) is 3.30. The van der Waals surface area contributed by atoms with Crippen molar-refractivity contribution < 1.29 is 14.3 Å². The number of anilines is 2. The van der Waals surface area contributed by atoms with Crippen molar-refractivity contribution in [2.75, 3.05) is 17.7 Å². The molecule has 0 spiro atoms. The molecular weight excluding hydrogens is 400 g/mol. The maximum atomic E-state index is 12.7. The Kier molecular flexibility index (Phi) is 5.49. The molecule has 2 aromatic heterocycles. The molecule has 2 heterocycles. The van der Waals surface area contributed by atoms with Gasteiger partial charge in [-0.2, -0.15) is 0 Å². The molecule has 0 aliphatic rings.